The lowest BCUT2D eigenvalue weighted by molar-refractivity contribution is -0.608. The van der Waals surface area contributed by atoms with Gasteiger partial charge in [0.25, 0.3) is 5.91 Å². The smallest absolute Gasteiger partial charge is 0.405 e. The Kier molecular flexibility index (Phi) is 6.98. The molecule has 0 bridgehead atoms. The molecule has 126 valence electrons. The van der Waals surface area contributed by atoms with Crippen LogP contribution < -0.4 is 10.0 Å². The van der Waals surface area contributed by atoms with Crippen LogP contribution in [0.15, 0.2) is 24.4 Å². The van der Waals surface area contributed by atoms with Crippen LogP contribution >= 0.6 is 0 Å². The van der Waals surface area contributed by atoms with Crippen LogP contribution in [0.2, 0.25) is 0 Å². The van der Waals surface area contributed by atoms with Crippen LogP contribution in [0, 0.1) is 11.1 Å². The van der Waals surface area contributed by atoms with Gasteiger partial charge in [0, 0.05) is 12.1 Å². The summed E-state index contributed by atoms with van der Waals surface area (Å²) in [7, 11) is 1.23. The average molecular weight is 324 g/mol. The highest BCUT2D eigenvalue weighted by molar-refractivity contribution is 5.89. The Labute approximate surface area is 134 Å². The second-order valence-electron chi connectivity index (χ2n) is 4.94. The standard InChI is InChI=1S/C15H20N2O6/c1-4-10(2)13(15(20)22-3)16-12(18)9-23-14(19)11-7-5-6-8-17(11)21/h5-8,10,13H,4,9H2,1-3H3,(H,16,18)/t10-,13+/m1/s1. The molecule has 1 amide bonds. The Bertz CT molecular complexity index is 575. The first kappa shape index (κ1) is 18.4. The molecule has 0 aromatic carbocycles. The Morgan fingerprint density at radius 3 is 2.61 bits per heavy atom. The molecule has 0 fully saturated rings. The van der Waals surface area contributed by atoms with E-state index < -0.39 is 30.5 Å². The molecule has 0 aliphatic heterocycles. The molecular weight excluding hydrogens is 304 g/mol. The van der Waals surface area contributed by atoms with Gasteiger partial charge in [-0.3, -0.25) is 4.79 Å². The van der Waals surface area contributed by atoms with Gasteiger partial charge in [-0.05, 0) is 12.0 Å². The number of esters is 2. The molecule has 0 saturated carbocycles. The molecule has 0 aliphatic rings. The molecule has 0 aliphatic carbocycles. The zero-order valence-corrected chi connectivity index (χ0v) is 13.3. The van der Waals surface area contributed by atoms with Gasteiger partial charge in [-0.25, -0.2) is 9.59 Å². The molecule has 1 rings (SSSR count). The van der Waals surface area contributed by atoms with Gasteiger partial charge in [-0.1, -0.05) is 20.3 Å². The van der Waals surface area contributed by atoms with Gasteiger partial charge in [0.15, 0.2) is 12.8 Å². The van der Waals surface area contributed by atoms with Crippen molar-refractivity contribution < 1.29 is 28.6 Å². The van der Waals surface area contributed by atoms with Crippen molar-refractivity contribution in [2.45, 2.75) is 26.3 Å². The third kappa shape index (κ3) is 5.24. The summed E-state index contributed by atoms with van der Waals surface area (Å²) >= 11 is 0. The minimum absolute atomic E-state index is 0.139. The van der Waals surface area contributed by atoms with Crippen LogP contribution in [0.4, 0.5) is 0 Å². The third-order valence-electron chi connectivity index (χ3n) is 3.35. The van der Waals surface area contributed by atoms with Crippen LogP contribution in [0.3, 0.4) is 0 Å². The van der Waals surface area contributed by atoms with Crippen molar-refractivity contribution >= 4 is 17.8 Å². The topological polar surface area (TPSA) is 109 Å². The molecule has 0 saturated heterocycles. The number of amides is 1. The van der Waals surface area contributed by atoms with Crippen molar-refractivity contribution in [3.8, 4) is 0 Å². The highest BCUT2D eigenvalue weighted by atomic mass is 16.5. The molecule has 8 heteroatoms. The number of rotatable bonds is 7. The maximum Gasteiger partial charge on any atom is 0.405 e. The lowest BCUT2D eigenvalue weighted by Crippen LogP contribution is -2.47. The zero-order chi connectivity index (χ0) is 17.4. The van der Waals surface area contributed by atoms with Crippen molar-refractivity contribution in [2.24, 2.45) is 5.92 Å². The van der Waals surface area contributed by atoms with Gasteiger partial charge >= 0.3 is 17.6 Å². The summed E-state index contributed by atoms with van der Waals surface area (Å²) < 4.78 is 9.76. The van der Waals surface area contributed by atoms with Crippen molar-refractivity contribution in [1.82, 2.24) is 5.32 Å². The minimum atomic E-state index is -0.922. The summed E-state index contributed by atoms with van der Waals surface area (Å²) in [5.41, 5.74) is -0.230. The lowest BCUT2D eigenvalue weighted by Gasteiger charge is -2.21. The fourth-order valence-electron chi connectivity index (χ4n) is 1.80. The molecule has 0 unspecified atom stereocenters. The van der Waals surface area contributed by atoms with Crippen molar-refractivity contribution in [3.05, 3.63) is 35.3 Å². The fraction of sp³-hybridized carbons (Fsp3) is 0.467. The molecule has 23 heavy (non-hydrogen) atoms. The van der Waals surface area contributed by atoms with Gasteiger partial charge in [0.1, 0.15) is 6.04 Å². The number of hydrogen-bond donors (Lipinski definition) is 1. The largest absolute Gasteiger partial charge is 0.618 e. The van der Waals surface area contributed by atoms with Crippen LogP contribution in [-0.2, 0) is 19.1 Å². The number of ether oxygens (including phenoxy) is 2. The number of nitrogens with one attached hydrogen (secondary N) is 1. The SMILES string of the molecule is CC[C@@H](C)[C@H](NC(=O)COC(=O)c1cccc[n+]1[O-])C(=O)OC. The maximum atomic E-state index is 11.8. The molecule has 0 radical (unpaired) electrons. The van der Waals surface area contributed by atoms with Gasteiger partial charge in [0.2, 0.25) is 0 Å². The zero-order valence-electron chi connectivity index (χ0n) is 13.3. The minimum Gasteiger partial charge on any atom is -0.618 e. The van der Waals surface area contributed by atoms with Gasteiger partial charge < -0.3 is 20.0 Å². The highest BCUT2D eigenvalue weighted by Crippen LogP contribution is 2.09. The van der Waals surface area contributed by atoms with Crippen LogP contribution in [0.5, 0.6) is 0 Å². The summed E-state index contributed by atoms with van der Waals surface area (Å²) in [5.74, 6) is -2.28. The monoisotopic (exact) mass is 324 g/mol. The van der Waals surface area contributed by atoms with E-state index in [4.69, 9.17) is 4.74 Å². The summed E-state index contributed by atoms with van der Waals surface area (Å²) in [4.78, 5) is 35.2. The van der Waals surface area contributed by atoms with E-state index in [0.29, 0.717) is 11.2 Å². The van der Waals surface area contributed by atoms with E-state index in [2.05, 4.69) is 10.1 Å². The van der Waals surface area contributed by atoms with E-state index in [-0.39, 0.29) is 11.6 Å². The van der Waals surface area contributed by atoms with Crippen LogP contribution in [0.25, 0.3) is 0 Å². The number of nitrogens with zero attached hydrogens (tertiary/aromatic N) is 1. The van der Waals surface area contributed by atoms with E-state index >= 15 is 0 Å². The quantitative estimate of drug-likeness (QED) is 0.435. The lowest BCUT2D eigenvalue weighted by atomic mass is 9.99. The average Bonchev–Trinajstić information content (AvgIpc) is 2.56. The first-order chi connectivity index (χ1) is 10.9. The summed E-state index contributed by atoms with van der Waals surface area (Å²) in [6.07, 6.45) is 1.80. The Hall–Kier alpha value is -2.64. The molecular formula is C15H20N2O6. The van der Waals surface area contributed by atoms with Crippen molar-refractivity contribution in [2.75, 3.05) is 13.7 Å². The summed E-state index contributed by atoms with van der Waals surface area (Å²) in [5, 5.41) is 13.9. The van der Waals surface area contributed by atoms with E-state index in [0.717, 1.165) is 6.20 Å². The Morgan fingerprint density at radius 1 is 1.35 bits per heavy atom. The normalized spacial score (nSPS) is 12.8. The number of aromatic nitrogens is 1. The number of carbonyl (C=O) groups excluding carboxylic acids is 3. The van der Waals surface area contributed by atoms with Crippen molar-refractivity contribution in [1.29, 1.82) is 0 Å². The van der Waals surface area contributed by atoms with Crippen LogP contribution in [-0.4, -0.2) is 37.6 Å². The molecule has 2 atom stereocenters. The Balaban J connectivity index is 2.60. The van der Waals surface area contributed by atoms with E-state index in [9.17, 15) is 19.6 Å². The molecule has 1 heterocycles. The maximum absolute atomic E-state index is 11.8. The third-order valence-corrected chi connectivity index (χ3v) is 3.35. The molecule has 1 aromatic rings. The van der Waals surface area contributed by atoms with E-state index in [1.165, 1.54) is 25.3 Å². The van der Waals surface area contributed by atoms with E-state index in [1.807, 2.05) is 6.92 Å². The molecule has 1 N–H and O–H groups in total. The van der Waals surface area contributed by atoms with E-state index in [1.54, 1.807) is 6.92 Å². The number of pyridine rings is 1. The van der Waals surface area contributed by atoms with Gasteiger partial charge in [-0.2, -0.15) is 4.73 Å². The van der Waals surface area contributed by atoms with Crippen LogP contribution in [0.1, 0.15) is 30.8 Å². The molecule has 0 spiro atoms. The van der Waals surface area contributed by atoms with Crippen molar-refractivity contribution in [3.63, 3.8) is 0 Å². The molecule has 1 aromatic heterocycles. The summed E-state index contributed by atoms with van der Waals surface area (Å²) in [6, 6.07) is 3.42. The Morgan fingerprint density at radius 2 is 2.04 bits per heavy atom. The predicted molar refractivity (Wildman–Crippen MR) is 79.1 cm³/mol. The number of carbonyl (C=O) groups is 3. The highest BCUT2D eigenvalue weighted by Gasteiger charge is 2.27. The fourth-order valence-corrected chi connectivity index (χ4v) is 1.80. The second-order valence-corrected chi connectivity index (χ2v) is 4.94. The number of methoxy groups -OCH3 is 1. The van der Waals surface area contributed by atoms with Gasteiger partial charge in [0.05, 0.1) is 7.11 Å². The summed E-state index contributed by atoms with van der Waals surface area (Å²) in [6.45, 7) is 3.06. The van der Waals surface area contributed by atoms with Gasteiger partial charge in [-0.15, -0.1) is 0 Å². The first-order valence-corrected chi connectivity index (χ1v) is 7.13. The first-order valence-electron chi connectivity index (χ1n) is 7.13. The number of hydrogen-bond acceptors (Lipinski definition) is 6. The molecule has 8 nitrogen and oxygen atoms in total. The predicted octanol–water partition coefficient (Wildman–Crippen LogP) is 0.181. The second kappa shape index (κ2) is 8.72.